The van der Waals surface area contributed by atoms with Gasteiger partial charge < -0.3 is 14.8 Å². The summed E-state index contributed by atoms with van der Waals surface area (Å²) in [6.45, 7) is 7.64. The van der Waals surface area contributed by atoms with E-state index in [1.165, 1.54) is 11.3 Å². The summed E-state index contributed by atoms with van der Waals surface area (Å²) in [4.78, 5) is 0. The Bertz CT molecular complexity index is 339. The number of nitrogens with one attached hydrogen (secondary N) is 1. The maximum absolute atomic E-state index is 5.60. The molecule has 1 N–H and O–H groups in total. The molecule has 1 aromatic rings. The molecule has 0 fully saturated rings. The molecule has 0 atom stereocenters. The van der Waals surface area contributed by atoms with Crippen LogP contribution in [0.1, 0.15) is 25.8 Å². The maximum atomic E-state index is 5.60. The molecular weight excluding hydrogens is 238 g/mol. The molecule has 1 aromatic carbocycles. The number of anilines is 1. The lowest BCUT2D eigenvalue weighted by Gasteiger charge is -2.12. The number of hydrogen-bond donors (Lipinski definition) is 1. The number of benzene rings is 1. The van der Waals surface area contributed by atoms with Crippen molar-refractivity contribution in [3.63, 3.8) is 0 Å². The Balaban J connectivity index is 2.24. The lowest BCUT2D eigenvalue weighted by atomic mass is 10.1. The first-order chi connectivity index (χ1) is 9.24. The molecule has 0 aliphatic carbocycles. The number of para-hydroxylation sites is 1. The van der Waals surface area contributed by atoms with Crippen LogP contribution in [0.2, 0.25) is 0 Å². The van der Waals surface area contributed by atoms with Crippen molar-refractivity contribution in [2.75, 3.05) is 38.8 Å². The average Bonchev–Trinajstić information content (AvgIpc) is 2.41. The number of ether oxygens (including phenoxy) is 2. The number of hydrogen-bond acceptors (Lipinski definition) is 3. The van der Waals surface area contributed by atoms with E-state index in [1.807, 2.05) is 0 Å². The van der Waals surface area contributed by atoms with Gasteiger partial charge in [0.15, 0.2) is 0 Å². The van der Waals surface area contributed by atoms with E-state index in [1.54, 1.807) is 7.11 Å². The first-order valence-electron chi connectivity index (χ1n) is 7.12. The molecular formula is C16H27NO2. The van der Waals surface area contributed by atoms with Crippen LogP contribution < -0.4 is 5.32 Å². The summed E-state index contributed by atoms with van der Waals surface area (Å²) in [7, 11) is 1.73. The second kappa shape index (κ2) is 9.82. The van der Waals surface area contributed by atoms with E-state index < -0.39 is 0 Å². The molecule has 0 radical (unpaired) electrons. The third kappa shape index (κ3) is 7.19. The second-order valence-corrected chi connectivity index (χ2v) is 5.12. The molecule has 108 valence electrons. The monoisotopic (exact) mass is 265 g/mol. The summed E-state index contributed by atoms with van der Waals surface area (Å²) in [5.41, 5.74) is 2.48. The smallest absolute Gasteiger partial charge is 0.0639 e. The molecule has 0 amide bonds. The van der Waals surface area contributed by atoms with Gasteiger partial charge in [-0.1, -0.05) is 32.0 Å². The van der Waals surface area contributed by atoms with E-state index in [-0.39, 0.29) is 0 Å². The van der Waals surface area contributed by atoms with Gasteiger partial charge in [-0.25, -0.2) is 0 Å². The molecule has 0 heterocycles. The highest BCUT2D eigenvalue weighted by molar-refractivity contribution is 5.51. The summed E-state index contributed by atoms with van der Waals surface area (Å²) >= 11 is 0. The van der Waals surface area contributed by atoms with Crippen molar-refractivity contribution in [1.29, 1.82) is 0 Å². The fourth-order valence-corrected chi connectivity index (χ4v) is 1.80. The highest BCUT2D eigenvalue weighted by Gasteiger charge is 2.00. The Kier molecular flexibility index (Phi) is 8.26. The van der Waals surface area contributed by atoms with Crippen LogP contribution in [0.4, 0.5) is 5.69 Å². The van der Waals surface area contributed by atoms with Crippen molar-refractivity contribution in [3.8, 4) is 0 Å². The predicted molar refractivity (Wildman–Crippen MR) is 80.8 cm³/mol. The largest absolute Gasteiger partial charge is 0.384 e. The Morgan fingerprint density at radius 3 is 2.63 bits per heavy atom. The maximum Gasteiger partial charge on any atom is 0.0639 e. The van der Waals surface area contributed by atoms with Crippen molar-refractivity contribution in [2.45, 2.75) is 26.7 Å². The Morgan fingerprint density at radius 2 is 1.89 bits per heavy atom. The van der Waals surface area contributed by atoms with Crippen LogP contribution >= 0.6 is 0 Å². The van der Waals surface area contributed by atoms with Crippen LogP contribution in [-0.2, 0) is 15.9 Å². The summed E-state index contributed by atoms with van der Waals surface area (Å²) < 4.78 is 10.7. The van der Waals surface area contributed by atoms with Gasteiger partial charge >= 0.3 is 0 Å². The summed E-state index contributed by atoms with van der Waals surface area (Å²) in [5, 5.41) is 3.43. The highest BCUT2D eigenvalue weighted by Crippen LogP contribution is 2.15. The molecule has 0 unspecified atom stereocenters. The lowest BCUT2D eigenvalue weighted by molar-refractivity contribution is 0.132. The Morgan fingerprint density at radius 1 is 1.11 bits per heavy atom. The van der Waals surface area contributed by atoms with Crippen LogP contribution in [0, 0.1) is 5.92 Å². The van der Waals surface area contributed by atoms with Crippen LogP contribution in [0.15, 0.2) is 24.3 Å². The minimum Gasteiger partial charge on any atom is -0.384 e. The molecule has 3 heteroatoms. The van der Waals surface area contributed by atoms with E-state index in [0.717, 1.165) is 39.2 Å². The minimum atomic E-state index is 0.711. The fourth-order valence-electron chi connectivity index (χ4n) is 1.80. The van der Waals surface area contributed by atoms with Crippen LogP contribution in [0.5, 0.6) is 0 Å². The van der Waals surface area contributed by atoms with Gasteiger partial charge in [-0.15, -0.1) is 0 Å². The predicted octanol–water partition coefficient (Wildman–Crippen LogP) is 3.35. The fraction of sp³-hybridized carbons (Fsp3) is 0.625. The number of methoxy groups -OCH3 is 1. The first-order valence-corrected chi connectivity index (χ1v) is 7.12. The molecule has 0 aliphatic rings. The highest BCUT2D eigenvalue weighted by atomic mass is 16.5. The van der Waals surface area contributed by atoms with E-state index in [0.29, 0.717) is 5.92 Å². The lowest BCUT2D eigenvalue weighted by Crippen LogP contribution is -2.12. The van der Waals surface area contributed by atoms with Gasteiger partial charge in [0.05, 0.1) is 13.2 Å². The van der Waals surface area contributed by atoms with Gasteiger partial charge in [0.2, 0.25) is 0 Å². The Hall–Kier alpha value is -1.06. The zero-order valence-electron chi connectivity index (χ0n) is 12.4. The van der Waals surface area contributed by atoms with E-state index >= 15 is 0 Å². The average molecular weight is 265 g/mol. The molecule has 0 saturated heterocycles. The van der Waals surface area contributed by atoms with Crippen molar-refractivity contribution in [1.82, 2.24) is 0 Å². The normalized spacial score (nSPS) is 10.9. The second-order valence-electron chi connectivity index (χ2n) is 5.12. The van der Waals surface area contributed by atoms with Crippen molar-refractivity contribution in [2.24, 2.45) is 5.92 Å². The summed E-state index contributed by atoms with van der Waals surface area (Å²) in [6.07, 6.45) is 2.07. The molecule has 0 aliphatic heterocycles. The SMILES string of the molecule is COCCc1ccccc1NCCOCCC(C)C. The molecule has 3 nitrogen and oxygen atoms in total. The van der Waals surface area contributed by atoms with Gasteiger partial charge in [-0.3, -0.25) is 0 Å². The zero-order valence-corrected chi connectivity index (χ0v) is 12.4. The summed E-state index contributed by atoms with van der Waals surface area (Å²) in [6, 6.07) is 8.37. The van der Waals surface area contributed by atoms with Crippen LogP contribution in [0.25, 0.3) is 0 Å². The third-order valence-electron chi connectivity index (χ3n) is 2.99. The van der Waals surface area contributed by atoms with Crippen LogP contribution in [-0.4, -0.2) is 33.5 Å². The third-order valence-corrected chi connectivity index (χ3v) is 2.99. The van der Waals surface area contributed by atoms with Crippen molar-refractivity contribution in [3.05, 3.63) is 29.8 Å². The number of rotatable bonds is 10. The quantitative estimate of drug-likeness (QED) is 0.658. The molecule has 0 bridgehead atoms. The molecule has 0 saturated carbocycles. The molecule has 0 aromatic heterocycles. The van der Waals surface area contributed by atoms with Crippen molar-refractivity contribution >= 4 is 5.69 Å². The van der Waals surface area contributed by atoms with E-state index in [9.17, 15) is 0 Å². The van der Waals surface area contributed by atoms with Gasteiger partial charge in [0.1, 0.15) is 0 Å². The molecule has 1 rings (SSSR count). The minimum absolute atomic E-state index is 0.711. The first kappa shape index (κ1) is 16.0. The van der Waals surface area contributed by atoms with Gasteiger partial charge in [-0.05, 0) is 30.4 Å². The van der Waals surface area contributed by atoms with E-state index in [4.69, 9.17) is 9.47 Å². The van der Waals surface area contributed by atoms with Gasteiger partial charge in [0.25, 0.3) is 0 Å². The summed E-state index contributed by atoms with van der Waals surface area (Å²) in [5.74, 6) is 0.711. The van der Waals surface area contributed by atoms with Crippen molar-refractivity contribution < 1.29 is 9.47 Å². The topological polar surface area (TPSA) is 30.5 Å². The zero-order chi connectivity index (χ0) is 13.9. The van der Waals surface area contributed by atoms with Crippen LogP contribution in [0.3, 0.4) is 0 Å². The molecule has 0 spiro atoms. The van der Waals surface area contributed by atoms with Gasteiger partial charge in [0, 0.05) is 25.9 Å². The molecule has 19 heavy (non-hydrogen) atoms. The standard InChI is InChI=1S/C16H27NO2/c1-14(2)8-12-19-13-10-17-16-7-5-4-6-15(16)9-11-18-3/h4-7,14,17H,8-13H2,1-3H3. The van der Waals surface area contributed by atoms with E-state index in [2.05, 4.69) is 43.4 Å². The van der Waals surface area contributed by atoms with Gasteiger partial charge in [-0.2, -0.15) is 0 Å². The Labute approximate surface area is 117 Å².